The number of hydrazone groups is 1. The lowest BCUT2D eigenvalue weighted by atomic mass is 10.1. The Morgan fingerprint density at radius 1 is 1.03 bits per heavy atom. The Morgan fingerprint density at radius 3 is 2.61 bits per heavy atom. The summed E-state index contributed by atoms with van der Waals surface area (Å²) in [6.45, 7) is 4.15. The molecule has 0 fully saturated rings. The number of ether oxygens (including phenoxy) is 2. The number of hydrogen-bond donors (Lipinski definition) is 0. The second-order valence-corrected chi connectivity index (χ2v) is 7.80. The van der Waals surface area contributed by atoms with Gasteiger partial charge in [-0.15, -0.1) is 0 Å². The van der Waals surface area contributed by atoms with Gasteiger partial charge in [0.25, 0.3) is 5.91 Å². The molecule has 1 aliphatic heterocycles. The summed E-state index contributed by atoms with van der Waals surface area (Å²) in [5.74, 6) is 0.434. The number of carbonyl (C=O) groups is 1. The van der Waals surface area contributed by atoms with E-state index < -0.39 is 0 Å². The quantitative estimate of drug-likeness (QED) is 0.387. The van der Waals surface area contributed by atoms with Crippen LogP contribution in [0.15, 0.2) is 77.4 Å². The third kappa shape index (κ3) is 5.07. The molecule has 3 aromatic carbocycles. The fourth-order valence-electron chi connectivity index (χ4n) is 3.41. The van der Waals surface area contributed by atoms with Crippen LogP contribution in [0.4, 0.5) is 10.1 Å². The van der Waals surface area contributed by atoms with Crippen molar-refractivity contribution >= 4 is 35.0 Å². The second-order valence-electron chi connectivity index (χ2n) is 7.36. The maximum atomic E-state index is 13.9. The van der Waals surface area contributed by atoms with Crippen molar-refractivity contribution in [2.24, 2.45) is 5.10 Å². The highest BCUT2D eigenvalue weighted by Gasteiger charge is 2.28. The second kappa shape index (κ2) is 9.88. The van der Waals surface area contributed by atoms with Gasteiger partial charge in [0.05, 0.1) is 23.6 Å². The molecule has 0 spiro atoms. The van der Waals surface area contributed by atoms with Crippen molar-refractivity contribution in [3.63, 3.8) is 0 Å². The Hall–Kier alpha value is -3.64. The topological polar surface area (TPSA) is 51.1 Å². The Kier molecular flexibility index (Phi) is 6.75. The Labute approximate surface area is 196 Å². The van der Waals surface area contributed by atoms with E-state index >= 15 is 0 Å². The van der Waals surface area contributed by atoms with Crippen LogP contribution in [-0.2, 0) is 11.4 Å². The standard InChI is InChI=1S/C26H22ClFN2O3/c1-3-32-25-14-18(11-12-24(25)33-16-19-7-4-5-10-23(19)28)13-22-17(2)29-30(26(22)31)21-9-6-8-20(27)15-21/h4-15H,3,16H2,1-2H3/b22-13+. The fourth-order valence-corrected chi connectivity index (χ4v) is 3.59. The number of nitrogens with zero attached hydrogens (tertiary/aromatic N) is 2. The molecule has 168 valence electrons. The van der Waals surface area contributed by atoms with Gasteiger partial charge in [-0.1, -0.05) is 41.9 Å². The maximum absolute atomic E-state index is 13.9. The normalized spacial score (nSPS) is 14.5. The van der Waals surface area contributed by atoms with Crippen LogP contribution < -0.4 is 14.5 Å². The van der Waals surface area contributed by atoms with Gasteiger partial charge in [0.2, 0.25) is 0 Å². The van der Waals surface area contributed by atoms with Gasteiger partial charge in [-0.3, -0.25) is 4.79 Å². The van der Waals surface area contributed by atoms with Crippen LogP contribution in [0, 0.1) is 5.82 Å². The van der Waals surface area contributed by atoms with Crippen molar-refractivity contribution in [1.29, 1.82) is 0 Å². The van der Waals surface area contributed by atoms with Gasteiger partial charge in [0.1, 0.15) is 12.4 Å². The van der Waals surface area contributed by atoms with Crippen LogP contribution in [0.2, 0.25) is 5.02 Å². The van der Waals surface area contributed by atoms with Crippen LogP contribution in [0.5, 0.6) is 11.5 Å². The minimum atomic E-state index is -0.324. The molecular formula is C26H22ClFN2O3. The third-order valence-corrected chi connectivity index (χ3v) is 5.27. The number of benzene rings is 3. The van der Waals surface area contributed by atoms with Crippen molar-refractivity contribution in [2.75, 3.05) is 11.6 Å². The highest BCUT2D eigenvalue weighted by atomic mass is 35.5. The van der Waals surface area contributed by atoms with Crippen molar-refractivity contribution in [3.8, 4) is 11.5 Å². The summed E-state index contributed by atoms with van der Waals surface area (Å²) in [7, 11) is 0. The summed E-state index contributed by atoms with van der Waals surface area (Å²) in [5.41, 5.74) is 2.87. The Morgan fingerprint density at radius 2 is 1.85 bits per heavy atom. The van der Waals surface area contributed by atoms with Crippen molar-refractivity contribution in [1.82, 2.24) is 0 Å². The van der Waals surface area contributed by atoms with E-state index in [1.165, 1.54) is 11.1 Å². The third-order valence-electron chi connectivity index (χ3n) is 5.03. The summed E-state index contributed by atoms with van der Waals surface area (Å²) in [6, 6.07) is 18.8. The van der Waals surface area contributed by atoms with E-state index in [2.05, 4.69) is 5.10 Å². The summed E-state index contributed by atoms with van der Waals surface area (Å²) >= 11 is 6.06. The molecule has 3 aromatic rings. The molecule has 1 amide bonds. The summed E-state index contributed by atoms with van der Waals surface area (Å²) in [4.78, 5) is 13.0. The number of rotatable bonds is 7. The first kappa shape index (κ1) is 22.6. The molecular weight excluding hydrogens is 443 g/mol. The summed E-state index contributed by atoms with van der Waals surface area (Å²) < 4.78 is 25.5. The molecule has 33 heavy (non-hydrogen) atoms. The zero-order valence-corrected chi connectivity index (χ0v) is 19.0. The van der Waals surface area contributed by atoms with E-state index in [4.69, 9.17) is 21.1 Å². The molecule has 0 bridgehead atoms. The van der Waals surface area contributed by atoms with E-state index in [9.17, 15) is 9.18 Å². The molecule has 0 aromatic heterocycles. The predicted molar refractivity (Wildman–Crippen MR) is 128 cm³/mol. The molecule has 0 atom stereocenters. The summed E-state index contributed by atoms with van der Waals surface area (Å²) in [6.07, 6.45) is 1.76. The molecule has 1 heterocycles. The smallest absolute Gasteiger partial charge is 0.280 e. The molecule has 0 saturated heterocycles. The number of halogens is 2. The van der Waals surface area contributed by atoms with E-state index in [1.807, 2.05) is 13.0 Å². The van der Waals surface area contributed by atoms with Crippen LogP contribution in [0.1, 0.15) is 25.0 Å². The van der Waals surface area contributed by atoms with Gasteiger partial charge in [0.15, 0.2) is 11.5 Å². The molecule has 4 rings (SSSR count). The average molecular weight is 465 g/mol. The molecule has 5 nitrogen and oxygen atoms in total. The van der Waals surface area contributed by atoms with Crippen LogP contribution in [0.3, 0.4) is 0 Å². The first-order chi connectivity index (χ1) is 16.0. The van der Waals surface area contributed by atoms with Gasteiger partial charge in [0, 0.05) is 10.6 Å². The molecule has 0 saturated carbocycles. The molecule has 1 aliphatic rings. The predicted octanol–water partition coefficient (Wildman–Crippen LogP) is 6.26. The lowest BCUT2D eigenvalue weighted by Gasteiger charge is -2.13. The average Bonchev–Trinajstić information content (AvgIpc) is 3.08. The van der Waals surface area contributed by atoms with Crippen molar-refractivity contribution in [2.45, 2.75) is 20.5 Å². The highest BCUT2D eigenvalue weighted by molar-refractivity contribution is 6.33. The van der Waals surface area contributed by atoms with Gasteiger partial charge in [-0.2, -0.15) is 10.1 Å². The lowest BCUT2D eigenvalue weighted by Crippen LogP contribution is -2.21. The monoisotopic (exact) mass is 464 g/mol. The van der Waals surface area contributed by atoms with Gasteiger partial charge in [-0.25, -0.2) is 4.39 Å². The van der Waals surface area contributed by atoms with E-state index in [-0.39, 0.29) is 18.3 Å². The van der Waals surface area contributed by atoms with Crippen molar-refractivity contribution in [3.05, 3.63) is 94.3 Å². The maximum Gasteiger partial charge on any atom is 0.280 e. The van der Waals surface area contributed by atoms with E-state index in [0.717, 1.165) is 5.56 Å². The Bertz CT molecular complexity index is 1260. The number of amides is 1. The van der Waals surface area contributed by atoms with Gasteiger partial charge >= 0.3 is 0 Å². The lowest BCUT2D eigenvalue weighted by molar-refractivity contribution is -0.114. The molecule has 0 radical (unpaired) electrons. The molecule has 0 N–H and O–H groups in total. The fraction of sp³-hybridized carbons (Fsp3) is 0.154. The zero-order chi connectivity index (χ0) is 23.4. The SMILES string of the molecule is CCOc1cc(/C=C2/C(=O)N(c3cccc(Cl)c3)N=C2C)ccc1OCc1ccccc1F. The van der Waals surface area contributed by atoms with E-state index in [1.54, 1.807) is 67.6 Å². The minimum absolute atomic E-state index is 0.0754. The van der Waals surface area contributed by atoms with Crippen LogP contribution >= 0.6 is 11.6 Å². The van der Waals surface area contributed by atoms with Gasteiger partial charge < -0.3 is 9.47 Å². The van der Waals surface area contributed by atoms with Gasteiger partial charge in [-0.05, 0) is 61.9 Å². The van der Waals surface area contributed by atoms with Crippen molar-refractivity contribution < 1.29 is 18.7 Å². The molecule has 7 heteroatoms. The number of hydrogen-bond acceptors (Lipinski definition) is 4. The molecule has 0 aliphatic carbocycles. The van der Waals surface area contributed by atoms with E-state index in [0.29, 0.717) is 45.7 Å². The Balaban J connectivity index is 1.57. The number of anilines is 1. The first-order valence-electron chi connectivity index (χ1n) is 10.5. The first-order valence-corrected chi connectivity index (χ1v) is 10.8. The largest absolute Gasteiger partial charge is 0.490 e. The molecule has 0 unspecified atom stereocenters. The van der Waals surface area contributed by atoms with Crippen LogP contribution in [-0.4, -0.2) is 18.2 Å². The minimum Gasteiger partial charge on any atom is -0.490 e. The zero-order valence-electron chi connectivity index (χ0n) is 18.2. The number of carbonyl (C=O) groups excluding carboxylic acids is 1. The highest BCUT2D eigenvalue weighted by Crippen LogP contribution is 2.32. The summed E-state index contributed by atoms with van der Waals surface area (Å²) in [5, 5.41) is 6.25. The van der Waals surface area contributed by atoms with Crippen LogP contribution in [0.25, 0.3) is 6.08 Å².